The largest absolute Gasteiger partial charge is 0.349 e. The van der Waals surface area contributed by atoms with Gasteiger partial charge in [-0.2, -0.15) is 8.42 Å². The highest BCUT2D eigenvalue weighted by Gasteiger charge is 2.44. The van der Waals surface area contributed by atoms with Gasteiger partial charge in [0.15, 0.2) is 5.84 Å². The van der Waals surface area contributed by atoms with Crippen LogP contribution in [-0.4, -0.2) is 37.3 Å². The van der Waals surface area contributed by atoms with Gasteiger partial charge in [0.1, 0.15) is 4.90 Å². The van der Waals surface area contributed by atoms with Crippen molar-refractivity contribution in [3.8, 4) is 0 Å². The number of hydrogen-bond donors (Lipinski definition) is 1. The average molecular weight is 291 g/mol. The molecule has 2 fully saturated rings. The quantitative estimate of drug-likeness (QED) is 0.776. The number of nitrogens with zero attached hydrogens (tertiary/aromatic N) is 2. The Labute approximate surface area is 118 Å². The highest BCUT2D eigenvalue weighted by atomic mass is 32.2. The molecule has 1 aromatic carbocycles. The van der Waals surface area contributed by atoms with Gasteiger partial charge in [0.2, 0.25) is 0 Å². The Morgan fingerprint density at radius 3 is 2.50 bits per heavy atom. The molecular weight excluding hydrogens is 274 g/mol. The van der Waals surface area contributed by atoms with E-state index < -0.39 is 10.0 Å². The number of piperidine rings is 1. The first-order valence-corrected chi connectivity index (χ1v) is 8.48. The number of nitrogens with two attached hydrogens (primary N) is 1. The normalized spacial score (nSPS) is 34.0. The van der Waals surface area contributed by atoms with Crippen molar-refractivity contribution in [1.29, 1.82) is 0 Å². The van der Waals surface area contributed by atoms with Crippen LogP contribution in [0.2, 0.25) is 0 Å². The molecule has 20 heavy (non-hydrogen) atoms. The summed E-state index contributed by atoms with van der Waals surface area (Å²) in [4.78, 5) is 2.55. The van der Waals surface area contributed by atoms with Gasteiger partial charge in [-0.25, -0.2) is 0 Å². The summed E-state index contributed by atoms with van der Waals surface area (Å²) in [6.07, 6.45) is 4.02. The monoisotopic (exact) mass is 291 g/mol. The molecule has 2 atom stereocenters. The van der Waals surface area contributed by atoms with E-state index in [4.69, 9.17) is 5.73 Å². The lowest BCUT2D eigenvalue weighted by atomic mass is 9.97. The molecule has 6 heteroatoms. The molecule has 2 saturated heterocycles. The third-order valence-corrected chi connectivity index (χ3v) is 5.95. The van der Waals surface area contributed by atoms with Crippen LogP contribution in [0.25, 0.3) is 0 Å². The molecule has 0 saturated carbocycles. The van der Waals surface area contributed by atoms with Crippen LogP contribution in [0.15, 0.2) is 33.6 Å². The zero-order chi connectivity index (χ0) is 13.9. The van der Waals surface area contributed by atoms with E-state index >= 15 is 0 Å². The Bertz CT molecular complexity index is 684. The first-order valence-electron chi connectivity index (χ1n) is 7.04. The van der Waals surface area contributed by atoms with Gasteiger partial charge in [-0.05, 0) is 37.8 Å². The number of fused-ring (bicyclic) bond motifs is 3. The van der Waals surface area contributed by atoms with E-state index in [1.807, 2.05) is 12.1 Å². The van der Waals surface area contributed by atoms with E-state index in [1.165, 1.54) is 0 Å². The minimum absolute atomic E-state index is 0.234. The van der Waals surface area contributed by atoms with Crippen LogP contribution in [0.5, 0.6) is 0 Å². The second kappa shape index (κ2) is 4.05. The van der Waals surface area contributed by atoms with Crippen molar-refractivity contribution in [3.63, 3.8) is 0 Å². The summed E-state index contributed by atoms with van der Waals surface area (Å²) in [7, 11) is -3.52. The number of sulfonamides is 1. The lowest BCUT2D eigenvalue weighted by Gasteiger charge is -2.39. The van der Waals surface area contributed by atoms with E-state index in [2.05, 4.69) is 9.30 Å². The molecule has 3 aliphatic rings. The second-order valence-electron chi connectivity index (χ2n) is 5.91. The minimum Gasteiger partial charge on any atom is -0.349 e. The summed E-state index contributed by atoms with van der Waals surface area (Å²) in [5, 5.41) is 0. The van der Waals surface area contributed by atoms with Crippen LogP contribution >= 0.6 is 0 Å². The highest BCUT2D eigenvalue weighted by Crippen LogP contribution is 2.39. The molecular formula is C14H17N3O2S. The first kappa shape index (κ1) is 12.3. The topological polar surface area (TPSA) is 75.8 Å². The Hall–Kier alpha value is -1.40. The summed E-state index contributed by atoms with van der Waals surface area (Å²) < 4.78 is 28.4. The predicted molar refractivity (Wildman–Crippen MR) is 76.0 cm³/mol. The fourth-order valence-corrected chi connectivity index (χ4v) is 5.05. The summed E-state index contributed by atoms with van der Waals surface area (Å²) in [5.74, 6) is 0.639. The Kier molecular flexibility index (Phi) is 2.50. The zero-order valence-electron chi connectivity index (χ0n) is 11.1. The molecule has 5 nitrogen and oxygen atoms in total. The molecule has 0 aliphatic carbocycles. The fourth-order valence-electron chi connectivity index (χ4n) is 3.84. The second-order valence-corrected chi connectivity index (χ2v) is 7.48. The summed E-state index contributed by atoms with van der Waals surface area (Å²) in [6.45, 7) is 0. The molecule has 106 valence electrons. The summed E-state index contributed by atoms with van der Waals surface area (Å²) in [6, 6.07) is 8.01. The molecule has 1 aromatic rings. The molecule has 2 bridgehead atoms. The third-order valence-electron chi connectivity index (χ3n) is 4.63. The summed E-state index contributed by atoms with van der Waals surface area (Å²) in [5.41, 5.74) is 6.83. The number of rotatable bonds is 0. The molecule has 3 heterocycles. The van der Waals surface area contributed by atoms with Gasteiger partial charge >= 0.3 is 0 Å². The molecule has 0 amide bonds. The van der Waals surface area contributed by atoms with Gasteiger partial charge in [0, 0.05) is 23.7 Å². The van der Waals surface area contributed by atoms with Gasteiger partial charge in [-0.3, -0.25) is 0 Å². The minimum atomic E-state index is -3.52. The van der Waals surface area contributed by atoms with Crippen molar-refractivity contribution >= 4 is 15.9 Å². The van der Waals surface area contributed by atoms with E-state index in [9.17, 15) is 8.42 Å². The van der Waals surface area contributed by atoms with Gasteiger partial charge in [-0.1, -0.05) is 12.1 Å². The maximum Gasteiger partial charge on any atom is 0.285 e. The third kappa shape index (κ3) is 1.64. The van der Waals surface area contributed by atoms with Gasteiger partial charge in [0.25, 0.3) is 10.0 Å². The molecule has 4 rings (SSSR count). The van der Waals surface area contributed by atoms with Crippen LogP contribution in [0, 0.1) is 0 Å². The van der Waals surface area contributed by atoms with E-state index in [0.29, 0.717) is 22.8 Å². The zero-order valence-corrected chi connectivity index (χ0v) is 11.9. The van der Waals surface area contributed by atoms with Gasteiger partial charge < -0.3 is 10.6 Å². The van der Waals surface area contributed by atoms with Crippen LogP contribution in [0.1, 0.15) is 31.2 Å². The molecule has 2 unspecified atom stereocenters. The lowest BCUT2D eigenvalue weighted by Crippen LogP contribution is -2.50. The number of hydrogen-bond acceptors (Lipinski definition) is 4. The Morgan fingerprint density at radius 1 is 1.15 bits per heavy atom. The summed E-state index contributed by atoms with van der Waals surface area (Å²) >= 11 is 0. The fraction of sp³-hybridized carbons (Fsp3) is 0.500. The van der Waals surface area contributed by atoms with Gasteiger partial charge in [-0.15, -0.1) is 4.40 Å². The van der Waals surface area contributed by atoms with Crippen LogP contribution in [-0.2, 0) is 10.0 Å². The average Bonchev–Trinajstić information content (AvgIpc) is 2.82. The van der Waals surface area contributed by atoms with Crippen molar-refractivity contribution in [1.82, 2.24) is 4.90 Å². The van der Waals surface area contributed by atoms with E-state index in [0.717, 1.165) is 31.2 Å². The maximum atomic E-state index is 12.2. The van der Waals surface area contributed by atoms with E-state index in [1.54, 1.807) is 12.1 Å². The number of benzene rings is 1. The Balaban J connectivity index is 1.81. The van der Waals surface area contributed by atoms with Crippen LogP contribution in [0.3, 0.4) is 0 Å². The van der Waals surface area contributed by atoms with Gasteiger partial charge in [0.05, 0.1) is 0 Å². The number of amidine groups is 1. The smallest absolute Gasteiger partial charge is 0.285 e. The van der Waals surface area contributed by atoms with Crippen LogP contribution < -0.4 is 5.73 Å². The highest BCUT2D eigenvalue weighted by molar-refractivity contribution is 7.90. The van der Waals surface area contributed by atoms with Crippen molar-refractivity contribution < 1.29 is 8.42 Å². The first-order chi connectivity index (χ1) is 9.56. The van der Waals surface area contributed by atoms with Crippen molar-refractivity contribution in [2.45, 2.75) is 48.7 Å². The van der Waals surface area contributed by atoms with Crippen molar-refractivity contribution in [2.75, 3.05) is 0 Å². The molecule has 0 spiro atoms. The van der Waals surface area contributed by atoms with Crippen molar-refractivity contribution in [3.05, 3.63) is 29.8 Å². The predicted octanol–water partition coefficient (Wildman–Crippen LogP) is 1.09. The van der Waals surface area contributed by atoms with E-state index in [-0.39, 0.29) is 6.04 Å². The standard InChI is InChI=1S/C14H17N3O2S/c15-9-7-10-5-6-11(8-9)17(10)14-12-3-1-2-4-13(12)20(18,19)16-14/h1-4,9-11H,5-8,15H2. The molecule has 2 N–H and O–H groups in total. The molecule has 0 radical (unpaired) electrons. The maximum absolute atomic E-state index is 12.2. The van der Waals surface area contributed by atoms with Crippen molar-refractivity contribution in [2.24, 2.45) is 10.1 Å². The molecule has 0 aromatic heterocycles. The SMILES string of the molecule is NC1CC2CCC(C1)N2C1=NS(=O)(=O)c2ccccc21. The lowest BCUT2D eigenvalue weighted by molar-refractivity contribution is 0.216. The van der Waals surface area contributed by atoms with Crippen LogP contribution in [0.4, 0.5) is 0 Å². The molecule has 3 aliphatic heterocycles. The Morgan fingerprint density at radius 2 is 1.80 bits per heavy atom.